The van der Waals surface area contributed by atoms with Crippen molar-refractivity contribution < 1.29 is 0 Å². The van der Waals surface area contributed by atoms with E-state index in [0.717, 1.165) is 18.8 Å². The molecule has 2 rings (SSSR count). The van der Waals surface area contributed by atoms with E-state index in [4.69, 9.17) is 0 Å². The van der Waals surface area contributed by atoms with Crippen LogP contribution in [0.1, 0.15) is 17.8 Å². The van der Waals surface area contributed by atoms with Gasteiger partial charge in [0.15, 0.2) is 0 Å². The standard InChI is InChI=1S/C13H25N5/c1-12-13(16-11-15-12)10-14-4-3-5-18-8-6-17(2)7-9-18/h11,14H,3-10H2,1-2H3,(H,15,16). The highest BCUT2D eigenvalue weighted by molar-refractivity contribution is 5.07. The number of aryl methyl sites for hydroxylation is 1. The second-order valence-electron chi connectivity index (χ2n) is 5.15. The molecule has 0 radical (unpaired) electrons. The predicted molar refractivity (Wildman–Crippen MR) is 73.6 cm³/mol. The molecule has 2 heterocycles. The van der Waals surface area contributed by atoms with E-state index < -0.39 is 0 Å². The van der Waals surface area contributed by atoms with Crippen molar-refractivity contribution in [2.75, 3.05) is 46.3 Å². The SMILES string of the molecule is Cc1[nH]cnc1CNCCCN1CCN(C)CC1. The van der Waals surface area contributed by atoms with Crippen molar-refractivity contribution in [3.63, 3.8) is 0 Å². The van der Waals surface area contributed by atoms with Crippen molar-refractivity contribution in [1.82, 2.24) is 25.1 Å². The maximum Gasteiger partial charge on any atom is 0.0925 e. The Morgan fingerprint density at radius 3 is 2.78 bits per heavy atom. The summed E-state index contributed by atoms with van der Waals surface area (Å²) in [7, 11) is 2.20. The molecule has 0 aromatic carbocycles. The van der Waals surface area contributed by atoms with Gasteiger partial charge in [0.2, 0.25) is 0 Å². The van der Waals surface area contributed by atoms with Crippen molar-refractivity contribution in [1.29, 1.82) is 0 Å². The van der Waals surface area contributed by atoms with Crippen LogP contribution in [0.4, 0.5) is 0 Å². The third-order valence-corrected chi connectivity index (χ3v) is 3.65. The number of imidazole rings is 1. The third-order valence-electron chi connectivity index (χ3n) is 3.65. The molecular formula is C13H25N5. The van der Waals surface area contributed by atoms with E-state index in [9.17, 15) is 0 Å². The van der Waals surface area contributed by atoms with Crippen LogP contribution in [0.5, 0.6) is 0 Å². The molecule has 102 valence electrons. The maximum absolute atomic E-state index is 4.28. The Morgan fingerprint density at radius 2 is 2.11 bits per heavy atom. The van der Waals surface area contributed by atoms with E-state index in [2.05, 4.69) is 39.1 Å². The number of nitrogens with zero attached hydrogens (tertiary/aromatic N) is 3. The molecule has 0 amide bonds. The van der Waals surface area contributed by atoms with Gasteiger partial charge in [0, 0.05) is 38.4 Å². The van der Waals surface area contributed by atoms with Crippen LogP contribution in [-0.4, -0.2) is 66.1 Å². The molecule has 5 heteroatoms. The lowest BCUT2D eigenvalue weighted by atomic mass is 10.3. The lowest BCUT2D eigenvalue weighted by Gasteiger charge is -2.32. The van der Waals surface area contributed by atoms with E-state index in [1.54, 1.807) is 6.33 Å². The molecule has 2 N–H and O–H groups in total. The Hall–Kier alpha value is -0.910. The highest BCUT2D eigenvalue weighted by atomic mass is 15.2. The van der Waals surface area contributed by atoms with E-state index in [-0.39, 0.29) is 0 Å². The molecule has 1 fully saturated rings. The Kier molecular flexibility index (Phi) is 5.16. The summed E-state index contributed by atoms with van der Waals surface area (Å²) < 4.78 is 0. The van der Waals surface area contributed by atoms with Crippen LogP contribution in [0.2, 0.25) is 0 Å². The summed E-state index contributed by atoms with van der Waals surface area (Å²) in [5.41, 5.74) is 2.30. The van der Waals surface area contributed by atoms with Gasteiger partial charge in [0.25, 0.3) is 0 Å². The molecule has 18 heavy (non-hydrogen) atoms. The molecule has 5 nitrogen and oxygen atoms in total. The zero-order chi connectivity index (χ0) is 12.8. The first kappa shape index (κ1) is 13.5. The van der Waals surface area contributed by atoms with Crippen molar-refractivity contribution in [3.8, 4) is 0 Å². The Morgan fingerprint density at radius 1 is 1.33 bits per heavy atom. The van der Waals surface area contributed by atoms with Crippen molar-refractivity contribution in [2.24, 2.45) is 0 Å². The fourth-order valence-electron chi connectivity index (χ4n) is 2.27. The van der Waals surface area contributed by atoms with Crippen LogP contribution >= 0.6 is 0 Å². The molecule has 1 aliphatic heterocycles. The molecule has 0 aliphatic carbocycles. The van der Waals surface area contributed by atoms with Gasteiger partial charge in [-0.2, -0.15) is 0 Å². The number of likely N-dealkylation sites (N-methyl/N-ethyl adjacent to an activating group) is 1. The maximum atomic E-state index is 4.28. The average molecular weight is 251 g/mol. The van der Waals surface area contributed by atoms with E-state index in [1.807, 2.05) is 0 Å². The molecule has 0 bridgehead atoms. The zero-order valence-corrected chi connectivity index (χ0v) is 11.6. The number of aromatic nitrogens is 2. The molecule has 0 spiro atoms. The summed E-state index contributed by atoms with van der Waals surface area (Å²) in [5.74, 6) is 0. The topological polar surface area (TPSA) is 47.2 Å². The first-order valence-electron chi connectivity index (χ1n) is 6.86. The Labute approximate surface area is 110 Å². The summed E-state index contributed by atoms with van der Waals surface area (Å²) in [6.07, 6.45) is 2.98. The first-order valence-corrected chi connectivity index (χ1v) is 6.86. The number of aromatic amines is 1. The smallest absolute Gasteiger partial charge is 0.0925 e. The third kappa shape index (κ3) is 4.08. The van der Waals surface area contributed by atoms with Gasteiger partial charge in [-0.15, -0.1) is 0 Å². The van der Waals surface area contributed by atoms with Gasteiger partial charge < -0.3 is 20.1 Å². The number of rotatable bonds is 6. The summed E-state index contributed by atoms with van der Waals surface area (Å²) in [5, 5.41) is 3.46. The van der Waals surface area contributed by atoms with Crippen LogP contribution in [0.3, 0.4) is 0 Å². The molecule has 0 atom stereocenters. The minimum atomic E-state index is 0.873. The monoisotopic (exact) mass is 251 g/mol. The number of nitrogens with one attached hydrogen (secondary N) is 2. The van der Waals surface area contributed by atoms with Gasteiger partial charge in [-0.1, -0.05) is 0 Å². The Balaban J connectivity index is 1.53. The average Bonchev–Trinajstić information content (AvgIpc) is 2.77. The van der Waals surface area contributed by atoms with Crippen LogP contribution in [0, 0.1) is 6.92 Å². The van der Waals surface area contributed by atoms with Crippen LogP contribution in [0.15, 0.2) is 6.33 Å². The molecule has 1 aliphatic rings. The molecule has 1 aromatic rings. The normalized spacial score (nSPS) is 18.3. The van der Waals surface area contributed by atoms with Crippen molar-refractivity contribution >= 4 is 0 Å². The second-order valence-corrected chi connectivity index (χ2v) is 5.15. The Bertz CT molecular complexity index is 341. The van der Waals surface area contributed by atoms with Gasteiger partial charge in [0.1, 0.15) is 0 Å². The largest absolute Gasteiger partial charge is 0.348 e. The lowest BCUT2D eigenvalue weighted by molar-refractivity contribution is 0.152. The van der Waals surface area contributed by atoms with Crippen molar-refractivity contribution in [3.05, 3.63) is 17.7 Å². The summed E-state index contributed by atoms with van der Waals surface area (Å²) >= 11 is 0. The molecule has 0 unspecified atom stereocenters. The summed E-state index contributed by atoms with van der Waals surface area (Å²) in [4.78, 5) is 12.3. The lowest BCUT2D eigenvalue weighted by Crippen LogP contribution is -2.45. The van der Waals surface area contributed by atoms with Gasteiger partial charge in [-0.05, 0) is 33.5 Å². The van der Waals surface area contributed by atoms with Crippen LogP contribution in [-0.2, 0) is 6.54 Å². The zero-order valence-electron chi connectivity index (χ0n) is 11.6. The number of H-pyrrole nitrogens is 1. The van der Waals surface area contributed by atoms with E-state index >= 15 is 0 Å². The quantitative estimate of drug-likeness (QED) is 0.721. The van der Waals surface area contributed by atoms with E-state index in [1.165, 1.54) is 44.8 Å². The highest BCUT2D eigenvalue weighted by Gasteiger charge is 2.12. The molecule has 1 saturated heterocycles. The summed E-state index contributed by atoms with van der Waals surface area (Å²) in [6, 6.07) is 0. The van der Waals surface area contributed by atoms with E-state index in [0.29, 0.717) is 0 Å². The predicted octanol–water partition coefficient (Wildman–Crippen LogP) is 0.445. The molecular weight excluding hydrogens is 226 g/mol. The number of hydrogen-bond acceptors (Lipinski definition) is 4. The molecule has 0 saturated carbocycles. The summed E-state index contributed by atoms with van der Waals surface area (Å²) in [6.45, 7) is 10.1. The van der Waals surface area contributed by atoms with Gasteiger partial charge in [-0.25, -0.2) is 4.98 Å². The minimum absolute atomic E-state index is 0.873. The highest BCUT2D eigenvalue weighted by Crippen LogP contribution is 2.01. The van der Waals surface area contributed by atoms with Crippen LogP contribution < -0.4 is 5.32 Å². The fraction of sp³-hybridized carbons (Fsp3) is 0.769. The van der Waals surface area contributed by atoms with Crippen molar-refractivity contribution in [2.45, 2.75) is 19.9 Å². The van der Waals surface area contributed by atoms with Crippen LogP contribution in [0.25, 0.3) is 0 Å². The minimum Gasteiger partial charge on any atom is -0.348 e. The van der Waals surface area contributed by atoms with Gasteiger partial charge >= 0.3 is 0 Å². The first-order chi connectivity index (χ1) is 8.75. The van der Waals surface area contributed by atoms with Gasteiger partial charge in [-0.3, -0.25) is 0 Å². The fourth-order valence-corrected chi connectivity index (χ4v) is 2.27. The molecule has 1 aromatic heterocycles. The van der Waals surface area contributed by atoms with Gasteiger partial charge in [0.05, 0.1) is 12.0 Å². The number of piperazine rings is 1. The second kappa shape index (κ2) is 6.87. The number of hydrogen-bond donors (Lipinski definition) is 2.